The summed E-state index contributed by atoms with van der Waals surface area (Å²) in [5.41, 5.74) is 6.90. The summed E-state index contributed by atoms with van der Waals surface area (Å²) < 4.78 is 13.1. The molecule has 0 saturated carbocycles. The fourth-order valence-corrected chi connectivity index (χ4v) is 1.90. The first-order valence-electron chi connectivity index (χ1n) is 5.83. The molecule has 0 amide bonds. The van der Waals surface area contributed by atoms with Crippen LogP contribution in [0.2, 0.25) is 5.02 Å². The first kappa shape index (κ1) is 13.5. The minimum absolute atomic E-state index is 0.187. The molecule has 1 rings (SSSR count). The van der Waals surface area contributed by atoms with Crippen LogP contribution in [0.5, 0.6) is 0 Å². The maximum atomic E-state index is 13.1. The number of aryl methyl sites for hydroxylation is 1. The van der Waals surface area contributed by atoms with Crippen LogP contribution in [0.15, 0.2) is 18.2 Å². The highest BCUT2D eigenvalue weighted by Gasteiger charge is 2.03. The van der Waals surface area contributed by atoms with E-state index in [9.17, 15) is 4.39 Å². The highest BCUT2D eigenvalue weighted by Crippen LogP contribution is 2.17. The van der Waals surface area contributed by atoms with Gasteiger partial charge in [-0.3, -0.25) is 0 Å². The number of nitrogens with two attached hydrogens (primary N) is 1. The molecule has 0 aliphatic rings. The van der Waals surface area contributed by atoms with Crippen molar-refractivity contribution in [1.82, 2.24) is 0 Å². The molecule has 16 heavy (non-hydrogen) atoms. The van der Waals surface area contributed by atoms with Crippen LogP contribution in [0.3, 0.4) is 0 Å². The van der Waals surface area contributed by atoms with E-state index < -0.39 is 0 Å². The summed E-state index contributed by atoms with van der Waals surface area (Å²) in [5.74, 6) is -0.336. The predicted molar refractivity (Wildman–Crippen MR) is 67.2 cm³/mol. The molecular formula is C13H19ClFN. The molecule has 90 valence electrons. The fourth-order valence-electron chi connectivity index (χ4n) is 1.78. The molecule has 2 N–H and O–H groups in total. The molecule has 3 heteroatoms. The number of halogens is 2. The summed E-state index contributed by atoms with van der Waals surface area (Å²) in [6, 6.07) is 5.27. The van der Waals surface area contributed by atoms with Crippen LogP contribution >= 0.6 is 11.6 Å². The van der Waals surface area contributed by atoms with Gasteiger partial charge in [0.15, 0.2) is 0 Å². The zero-order chi connectivity index (χ0) is 12.0. The second-order valence-corrected chi connectivity index (χ2v) is 4.60. The van der Waals surface area contributed by atoms with Crippen molar-refractivity contribution in [3.8, 4) is 0 Å². The summed E-state index contributed by atoms with van der Waals surface area (Å²) in [6.45, 7) is 2.13. The Morgan fingerprint density at radius 1 is 1.38 bits per heavy atom. The normalized spacial score (nSPS) is 12.8. The second kappa shape index (κ2) is 6.87. The molecule has 1 aromatic carbocycles. The molecule has 0 heterocycles. The zero-order valence-electron chi connectivity index (χ0n) is 9.68. The first-order valence-corrected chi connectivity index (χ1v) is 6.20. The predicted octanol–water partition coefficient (Wildman–Crippen LogP) is 3.93. The molecule has 1 aromatic rings. The van der Waals surface area contributed by atoms with Gasteiger partial charge in [-0.05, 0) is 43.4 Å². The minimum Gasteiger partial charge on any atom is -0.328 e. The molecule has 0 aliphatic heterocycles. The number of rotatable bonds is 6. The molecule has 1 atom stereocenters. The van der Waals surface area contributed by atoms with Crippen LogP contribution in [0.1, 0.15) is 38.2 Å². The van der Waals surface area contributed by atoms with E-state index >= 15 is 0 Å². The van der Waals surface area contributed by atoms with Gasteiger partial charge >= 0.3 is 0 Å². The quantitative estimate of drug-likeness (QED) is 0.805. The van der Waals surface area contributed by atoms with Gasteiger partial charge in [0, 0.05) is 6.04 Å². The Balaban J connectivity index is 2.34. The van der Waals surface area contributed by atoms with E-state index in [2.05, 4.69) is 6.92 Å². The Labute approximate surface area is 102 Å². The fraction of sp³-hybridized carbons (Fsp3) is 0.538. The van der Waals surface area contributed by atoms with E-state index in [1.807, 2.05) is 6.07 Å². The highest BCUT2D eigenvalue weighted by molar-refractivity contribution is 6.30. The van der Waals surface area contributed by atoms with E-state index in [1.54, 1.807) is 6.07 Å². The van der Waals surface area contributed by atoms with Gasteiger partial charge in [0.2, 0.25) is 0 Å². The third kappa shape index (κ3) is 4.50. The minimum atomic E-state index is -0.336. The van der Waals surface area contributed by atoms with Crippen molar-refractivity contribution >= 4 is 11.6 Å². The van der Waals surface area contributed by atoms with Gasteiger partial charge in [-0.1, -0.05) is 31.0 Å². The molecule has 1 unspecified atom stereocenters. The van der Waals surface area contributed by atoms with Crippen molar-refractivity contribution in [1.29, 1.82) is 0 Å². The van der Waals surface area contributed by atoms with Gasteiger partial charge in [0.25, 0.3) is 0 Å². The zero-order valence-corrected chi connectivity index (χ0v) is 10.4. The average Bonchev–Trinajstić information content (AvgIpc) is 2.24. The number of hydrogen-bond acceptors (Lipinski definition) is 1. The Kier molecular flexibility index (Phi) is 5.78. The second-order valence-electron chi connectivity index (χ2n) is 4.19. The van der Waals surface area contributed by atoms with E-state index in [-0.39, 0.29) is 16.9 Å². The van der Waals surface area contributed by atoms with Crippen LogP contribution < -0.4 is 5.73 Å². The van der Waals surface area contributed by atoms with Gasteiger partial charge in [-0.2, -0.15) is 0 Å². The highest BCUT2D eigenvalue weighted by atomic mass is 35.5. The summed E-state index contributed by atoms with van der Waals surface area (Å²) in [5, 5.41) is 0.187. The van der Waals surface area contributed by atoms with Crippen molar-refractivity contribution in [3.05, 3.63) is 34.6 Å². The van der Waals surface area contributed by atoms with Crippen molar-refractivity contribution in [2.45, 2.75) is 45.1 Å². The van der Waals surface area contributed by atoms with Gasteiger partial charge in [0.1, 0.15) is 5.82 Å². The Hall–Kier alpha value is -0.600. The Morgan fingerprint density at radius 3 is 2.75 bits per heavy atom. The number of hydrogen-bond donors (Lipinski definition) is 1. The summed E-state index contributed by atoms with van der Waals surface area (Å²) in [6.07, 6.45) is 5.05. The Morgan fingerprint density at radius 2 is 2.12 bits per heavy atom. The maximum Gasteiger partial charge on any atom is 0.142 e. The molecule has 0 aliphatic carbocycles. The summed E-state index contributed by atoms with van der Waals surface area (Å²) in [4.78, 5) is 0. The van der Waals surface area contributed by atoms with Crippen LogP contribution in [0.25, 0.3) is 0 Å². The van der Waals surface area contributed by atoms with E-state index in [0.717, 1.165) is 37.7 Å². The molecular weight excluding hydrogens is 225 g/mol. The lowest BCUT2D eigenvalue weighted by Gasteiger charge is -2.09. The van der Waals surface area contributed by atoms with Gasteiger partial charge in [0.05, 0.1) is 5.02 Å². The standard InChI is InChI=1S/C13H19ClFN/c1-2-4-11(16)6-3-5-10-7-8-12(14)13(15)9-10/h7-9,11H,2-6,16H2,1H3. The average molecular weight is 244 g/mol. The SMILES string of the molecule is CCCC(N)CCCc1ccc(Cl)c(F)c1. The topological polar surface area (TPSA) is 26.0 Å². The van der Waals surface area contributed by atoms with E-state index in [1.165, 1.54) is 6.07 Å². The van der Waals surface area contributed by atoms with E-state index in [0.29, 0.717) is 0 Å². The molecule has 1 nitrogen and oxygen atoms in total. The lowest BCUT2D eigenvalue weighted by Crippen LogP contribution is -2.19. The maximum absolute atomic E-state index is 13.1. The molecule has 0 fully saturated rings. The van der Waals surface area contributed by atoms with Gasteiger partial charge in [-0.15, -0.1) is 0 Å². The Bertz CT molecular complexity index is 328. The molecule has 0 radical (unpaired) electrons. The van der Waals surface area contributed by atoms with Crippen LogP contribution in [-0.4, -0.2) is 6.04 Å². The van der Waals surface area contributed by atoms with Crippen LogP contribution in [-0.2, 0) is 6.42 Å². The molecule has 0 spiro atoms. The third-order valence-corrected chi connectivity index (χ3v) is 2.99. The number of benzene rings is 1. The van der Waals surface area contributed by atoms with Gasteiger partial charge in [-0.25, -0.2) is 4.39 Å². The van der Waals surface area contributed by atoms with Crippen molar-refractivity contribution in [2.24, 2.45) is 5.73 Å². The monoisotopic (exact) mass is 243 g/mol. The third-order valence-electron chi connectivity index (χ3n) is 2.68. The van der Waals surface area contributed by atoms with Crippen molar-refractivity contribution < 1.29 is 4.39 Å². The summed E-state index contributed by atoms with van der Waals surface area (Å²) >= 11 is 5.61. The molecule has 0 saturated heterocycles. The largest absolute Gasteiger partial charge is 0.328 e. The van der Waals surface area contributed by atoms with Crippen molar-refractivity contribution in [3.63, 3.8) is 0 Å². The van der Waals surface area contributed by atoms with Gasteiger partial charge < -0.3 is 5.73 Å². The van der Waals surface area contributed by atoms with Crippen LogP contribution in [0, 0.1) is 5.82 Å². The lowest BCUT2D eigenvalue weighted by atomic mass is 10.0. The summed E-state index contributed by atoms with van der Waals surface area (Å²) in [7, 11) is 0. The molecule has 0 aromatic heterocycles. The first-order chi connectivity index (χ1) is 7.63. The van der Waals surface area contributed by atoms with E-state index in [4.69, 9.17) is 17.3 Å². The lowest BCUT2D eigenvalue weighted by molar-refractivity contribution is 0.538. The molecule has 0 bridgehead atoms. The smallest absolute Gasteiger partial charge is 0.142 e. The van der Waals surface area contributed by atoms with Crippen LogP contribution in [0.4, 0.5) is 4.39 Å². The van der Waals surface area contributed by atoms with Crippen molar-refractivity contribution in [2.75, 3.05) is 0 Å².